The summed E-state index contributed by atoms with van der Waals surface area (Å²) < 4.78 is 5.87. The number of aliphatic carboxylic acids is 1. The standard InChI is InChI=1S/C31H48O6.C4H11NO2/c1-17(2)9-8-10-20(28(35)36)26-22-15-24(34)27-29(5)13-12-23(33)18(3)21(29)11-14-30(27,6)31(22,7)16-25(26)37-19(4)32;6-3-1-5-2-4-7/h9,18,21-25,27,33-34H,8,10-16H2,1-7H3,(H,35,36);5-7H,1-4H2/b26-20+;/t18-,21?,22+,23+,24+,25-,27?,29-,30-,31-;/m0./s1. The van der Waals surface area contributed by atoms with Crippen molar-refractivity contribution >= 4 is 11.9 Å². The molecule has 0 aromatic rings. The predicted molar refractivity (Wildman–Crippen MR) is 170 cm³/mol. The molecule has 252 valence electrons. The largest absolute Gasteiger partial charge is 0.478 e. The molecule has 0 saturated heterocycles. The minimum Gasteiger partial charge on any atom is -0.478 e. The average molecular weight is 622 g/mol. The van der Waals surface area contributed by atoms with E-state index in [-0.39, 0.29) is 53.3 Å². The molecule has 0 aromatic carbocycles. The SMILES string of the molecule is CC(=O)O[C@H]1C[C@@]2(C)[C@H](C[C@@H](O)C3[C@@]4(C)CC[C@@H](O)[C@@H](C)C4CC[C@@]32C)/C1=C(/CCC=C(C)C)C(=O)O.OCCNCCO. The van der Waals surface area contributed by atoms with Crippen molar-refractivity contribution in [3.05, 3.63) is 22.8 Å². The number of carbonyl (C=O) groups is 2. The van der Waals surface area contributed by atoms with Crippen LogP contribution in [0.4, 0.5) is 0 Å². The molecule has 4 saturated carbocycles. The monoisotopic (exact) mass is 621 g/mol. The fourth-order valence-corrected chi connectivity index (χ4v) is 10.1. The maximum atomic E-state index is 12.6. The van der Waals surface area contributed by atoms with Gasteiger partial charge in [0, 0.05) is 25.6 Å². The topological polar surface area (TPSA) is 157 Å². The summed E-state index contributed by atoms with van der Waals surface area (Å²) in [6.45, 7) is 15.9. The third-order valence-electron chi connectivity index (χ3n) is 12.1. The molecule has 44 heavy (non-hydrogen) atoms. The molecule has 0 aromatic heterocycles. The first-order chi connectivity index (χ1) is 20.6. The van der Waals surface area contributed by atoms with Crippen molar-refractivity contribution in [2.75, 3.05) is 26.3 Å². The van der Waals surface area contributed by atoms with Crippen molar-refractivity contribution in [3.8, 4) is 0 Å². The van der Waals surface area contributed by atoms with E-state index in [0.717, 1.165) is 36.8 Å². The number of fused-ring (bicyclic) bond motifs is 5. The van der Waals surface area contributed by atoms with Crippen LogP contribution in [0.5, 0.6) is 0 Å². The van der Waals surface area contributed by atoms with Gasteiger partial charge in [-0.15, -0.1) is 0 Å². The number of allylic oxidation sites excluding steroid dienone is 2. The summed E-state index contributed by atoms with van der Waals surface area (Å²) in [7, 11) is 0. The van der Waals surface area contributed by atoms with Crippen LogP contribution < -0.4 is 5.32 Å². The van der Waals surface area contributed by atoms with Crippen molar-refractivity contribution in [1.29, 1.82) is 0 Å². The van der Waals surface area contributed by atoms with Gasteiger partial charge in [0.15, 0.2) is 0 Å². The van der Waals surface area contributed by atoms with E-state index in [1.165, 1.54) is 6.92 Å². The highest BCUT2D eigenvalue weighted by Gasteiger charge is 2.70. The van der Waals surface area contributed by atoms with Gasteiger partial charge in [0.2, 0.25) is 0 Å². The Kier molecular flexibility index (Phi) is 12.3. The molecule has 4 aliphatic rings. The van der Waals surface area contributed by atoms with Crippen LogP contribution in [-0.2, 0) is 14.3 Å². The number of esters is 1. The second-order valence-corrected chi connectivity index (χ2v) is 14.8. The lowest BCUT2D eigenvalue weighted by Gasteiger charge is -2.69. The van der Waals surface area contributed by atoms with Crippen molar-refractivity contribution < 1.29 is 39.9 Å². The number of carboxylic acids is 1. The van der Waals surface area contributed by atoms with E-state index in [1.54, 1.807) is 0 Å². The lowest BCUT2D eigenvalue weighted by molar-refractivity contribution is -0.234. The zero-order valence-electron chi connectivity index (χ0n) is 28.1. The number of rotatable bonds is 9. The molecule has 9 nitrogen and oxygen atoms in total. The molecule has 0 amide bonds. The molecule has 0 bridgehead atoms. The van der Waals surface area contributed by atoms with Crippen LogP contribution >= 0.6 is 0 Å². The molecular weight excluding hydrogens is 562 g/mol. The van der Waals surface area contributed by atoms with Gasteiger partial charge in [-0.3, -0.25) is 4.79 Å². The average Bonchev–Trinajstić information content (AvgIpc) is 3.20. The molecule has 10 atom stereocenters. The minimum absolute atomic E-state index is 0.0474. The molecule has 4 aliphatic carbocycles. The molecule has 2 unspecified atom stereocenters. The summed E-state index contributed by atoms with van der Waals surface area (Å²) in [5.74, 6) is -0.909. The van der Waals surface area contributed by atoms with Crippen molar-refractivity contribution in [2.24, 2.45) is 39.9 Å². The molecule has 6 N–H and O–H groups in total. The Bertz CT molecular complexity index is 1080. The molecule has 0 radical (unpaired) electrons. The van der Waals surface area contributed by atoms with Gasteiger partial charge in [-0.05, 0) is 111 Å². The first-order valence-electron chi connectivity index (χ1n) is 16.6. The van der Waals surface area contributed by atoms with Gasteiger partial charge in [-0.25, -0.2) is 4.79 Å². The summed E-state index contributed by atoms with van der Waals surface area (Å²) in [5.41, 5.74) is 1.57. The number of aliphatic hydroxyl groups excluding tert-OH is 4. The molecular formula is C35H59NO8. The second kappa shape index (κ2) is 14.8. The van der Waals surface area contributed by atoms with Gasteiger partial charge < -0.3 is 35.6 Å². The van der Waals surface area contributed by atoms with Gasteiger partial charge in [-0.2, -0.15) is 0 Å². The number of nitrogens with one attached hydrogen (secondary N) is 1. The molecule has 0 heterocycles. The van der Waals surface area contributed by atoms with Crippen molar-refractivity contribution in [1.82, 2.24) is 5.32 Å². The smallest absolute Gasteiger partial charge is 0.331 e. The Morgan fingerprint density at radius 3 is 2.16 bits per heavy atom. The Morgan fingerprint density at radius 1 is 0.977 bits per heavy atom. The maximum absolute atomic E-state index is 12.6. The van der Waals surface area contributed by atoms with Gasteiger partial charge in [0.25, 0.3) is 0 Å². The number of carboxylic acid groups (broad SMARTS) is 1. The number of hydrogen-bond acceptors (Lipinski definition) is 8. The lowest BCUT2D eigenvalue weighted by atomic mass is 9.36. The lowest BCUT2D eigenvalue weighted by Crippen LogP contribution is -2.65. The van der Waals surface area contributed by atoms with Crippen LogP contribution in [0.2, 0.25) is 0 Å². The van der Waals surface area contributed by atoms with Crippen LogP contribution in [-0.4, -0.2) is 82.1 Å². The van der Waals surface area contributed by atoms with E-state index in [2.05, 4.69) is 33.0 Å². The number of carbonyl (C=O) groups excluding carboxylic acids is 1. The molecule has 4 rings (SSSR count). The van der Waals surface area contributed by atoms with E-state index < -0.39 is 24.1 Å². The van der Waals surface area contributed by atoms with Gasteiger partial charge >= 0.3 is 11.9 Å². The zero-order valence-corrected chi connectivity index (χ0v) is 28.1. The highest BCUT2D eigenvalue weighted by molar-refractivity contribution is 5.88. The Morgan fingerprint density at radius 2 is 1.61 bits per heavy atom. The summed E-state index contributed by atoms with van der Waals surface area (Å²) in [6.07, 6.45) is 6.22. The fourth-order valence-electron chi connectivity index (χ4n) is 10.1. The third-order valence-corrected chi connectivity index (χ3v) is 12.1. The summed E-state index contributed by atoms with van der Waals surface area (Å²) >= 11 is 0. The van der Waals surface area contributed by atoms with Crippen LogP contribution in [0, 0.1) is 39.9 Å². The Labute approximate surface area is 264 Å². The van der Waals surface area contributed by atoms with Crippen LogP contribution in [0.1, 0.15) is 99.8 Å². The van der Waals surface area contributed by atoms with Crippen molar-refractivity contribution in [3.63, 3.8) is 0 Å². The normalized spacial score (nSPS) is 40.4. The Hall–Kier alpha value is -1.78. The van der Waals surface area contributed by atoms with E-state index >= 15 is 0 Å². The number of aliphatic hydroxyl groups is 4. The fraction of sp³-hybridized carbons (Fsp3) is 0.829. The molecule has 0 aliphatic heterocycles. The summed E-state index contributed by atoms with van der Waals surface area (Å²) in [6, 6.07) is 0. The number of ether oxygens (including phenoxy) is 1. The Balaban J connectivity index is 0.000000676. The molecule has 0 spiro atoms. The first kappa shape index (κ1) is 36.7. The predicted octanol–water partition coefficient (Wildman–Crippen LogP) is 4.23. The van der Waals surface area contributed by atoms with E-state index in [1.807, 2.05) is 19.9 Å². The van der Waals surface area contributed by atoms with Gasteiger partial charge in [0.1, 0.15) is 6.10 Å². The van der Waals surface area contributed by atoms with Crippen molar-refractivity contribution in [2.45, 2.75) is 118 Å². The molecule has 9 heteroatoms. The highest BCUT2D eigenvalue weighted by atomic mass is 16.5. The van der Waals surface area contributed by atoms with Gasteiger partial charge in [-0.1, -0.05) is 39.3 Å². The van der Waals surface area contributed by atoms with E-state index in [0.29, 0.717) is 50.3 Å². The van der Waals surface area contributed by atoms with Crippen LogP contribution in [0.3, 0.4) is 0 Å². The second-order valence-electron chi connectivity index (χ2n) is 14.8. The highest BCUT2D eigenvalue weighted by Crippen LogP contribution is 2.74. The maximum Gasteiger partial charge on any atom is 0.331 e. The number of hydrogen-bond donors (Lipinski definition) is 6. The zero-order chi connectivity index (χ0) is 33.0. The minimum atomic E-state index is -0.953. The third kappa shape index (κ3) is 6.97. The van der Waals surface area contributed by atoms with Gasteiger partial charge in [0.05, 0.1) is 25.4 Å². The quantitative estimate of drug-likeness (QED) is 0.0960. The van der Waals surface area contributed by atoms with Crippen LogP contribution in [0.15, 0.2) is 22.8 Å². The van der Waals surface area contributed by atoms with Crippen LogP contribution in [0.25, 0.3) is 0 Å². The van der Waals surface area contributed by atoms with E-state index in [4.69, 9.17) is 14.9 Å². The summed E-state index contributed by atoms with van der Waals surface area (Å²) in [4.78, 5) is 24.8. The molecule has 4 fully saturated rings. The summed E-state index contributed by atoms with van der Waals surface area (Å²) in [5, 5.41) is 52.0. The van der Waals surface area contributed by atoms with E-state index in [9.17, 15) is 24.9 Å². The first-order valence-corrected chi connectivity index (χ1v) is 16.6.